The SMILES string of the molecule is COC(=O)C1(CN(C)Cc2ccc(OC)cc2)CC1. The molecule has 0 radical (unpaired) electrons. The molecule has 1 aromatic rings. The summed E-state index contributed by atoms with van der Waals surface area (Å²) >= 11 is 0. The number of ether oxygens (including phenoxy) is 2. The lowest BCUT2D eigenvalue weighted by molar-refractivity contribution is -0.147. The van der Waals surface area contributed by atoms with E-state index >= 15 is 0 Å². The predicted octanol–water partition coefficient (Wildman–Crippen LogP) is 2.08. The molecule has 0 aliphatic heterocycles. The van der Waals surface area contributed by atoms with Gasteiger partial charge in [0.05, 0.1) is 19.6 Å². The number of esters is 1. The van der Waals surface area contributed by atoms with Gasteiger partial charge < -0.3 is 14.4 Å². The van der Waals surface area contributed by atoms with Crippen LogP contribution in [0.2, 0.25) is 0 Å². The predicted molar refractivity (Wildman–Crippen MR) is 73.0 cm³/mol. The van der Waals surface area contributed by atoms with Gasteiger partial charge >= 0.3 is 5.97 Å². The Labute approximate surface area is 114 Å². The van der Waals surface area contributed by atoms with Gasteiger partial charge in [-0.3, -0.25) is 4.79 Å². The molecule has 0 spiro atoms. The summed E-state index contributed by atoms with van der Waals surface area (Å²) < 4.78 is 10.0. The highest BCUT2D eigenvalue weighted by molar-refractivity contribution is 5.80. The van der Waals surface area contributed by atoms with Crippen LogP contribution in [0.5, 0.6) is 5.75 Å². The van der Waals surface area contributed by atoms with Gasteiger partial charge in [0, 0.05) is 13.1 Å². The molecule has 1 saturated carbocycles. The monoisotopic (exact) mass is 263 g/mol. The summed E-state index contributed by atoms with van der Waals surface area (Å²) in [6, 6.07) is 8.01. The highest BCUT2D eigenvalue weighted by Gasteiger charge is 2.51. The van der Waals surface area contributed by atoms with Crippen molar-refractivity contribution < 1.29 is 14.3 Å². The maximum atomic E-state index is 11.7. The minimum Gasteiger partial charge on any atom is -0.497 e. The molecule has 0 N–H and O–H groups in total. The van der Waals surface area contributed by atoms with E-state index in [2.05, 4.69) is 4.90 Å². The molecule has 0 unspecified atom stereocenters. The molecule has 1 aliphatic rings. The van der Waals surface area contributed by atoms with Crippen molar-refractivity contribution >= 4 is 5.97 Å². The van der Waals surface area contributed by atoms with Crippen molar-refractivity contribution in [1.82, 2.24) is 4.90 Å². The van der Waals surface area contributed by atoms with Crippen molar-refractivity contribution in [3.05, 3.63) is 29.8 Å². The second kappa shape index (κ2) is 5.61. The fourth-order valence-electron chi connectivity index (χ4n) is 2.41. The van der Waals surface area contributed by atoms with E-state index in [1.54, 1.807) is 7.11 Å². The number of hydrogen-bond donors (Lipinski definition) is 0. The molecule has 0 saturated heterocycles. The van der Waals surface area contributed by atoms with Crippen molar-refractivity contribution in [1.29, 1.82) is 0 Å². The quantitative estimate of drug-likeness (QED) is 0.737. The Bertz CT molecular complexity index is 437. The number of carbonyl (C=O) groups excluding carboxylic acids is 1. The average Bonchev–Trinajstić information content (AvgIpc) is 3.19. The van der Waals surface area contributed by atoms with E-state index in [1.807, 2.05) is 31.3 Å². The van der Waals surface area contributed by atoms with Crippen LogP contribution in [0.3, 0.4) is 0 Å². The maximum Gasteiger partial charge on any atom is 0.313 e. The molecule has 1 fully saturated rings. The molecule has 0 aromatic heterocycles. The number of benzene rings is 1. The Balaban J connectivity index is 1.90. The molecular weight excluding hydrogens is 242 g/mol. The second-order valence-corrected chi connectivity index (χ2v) is 5.29. The molecule has 0 heterocycles. The van der Waals surface area contributed by atoms with E-state index in [4.69, 9.17) is 9.47 Å². The largest absolute Gasteiger partial charge is 0.497 e. The molecule has 4 nitrogen and oxygen atoms in total. The summed E-state index contributed by atoms with van der Waals surface area (Å²) in [6.07, 6.45) is 1.87. The van der Waals surface area contributed by atoms with Crippen molar-refractivity contribution in [2.45, 2.75) is 19.4 Å². The lowest BCUT2D eigenvalue weighted by Gasteiger charge is -2.22. The summed E-state index contributed by atoms with van der Waals surface area (Å²) in [5, 5.41) is 0. The number of carbonyl (C=O) groups is 1. The van der Waals surface area contributed by atoms with E-state index in [0.717, 1.165) is 31.7 Å². The second-order valence-electron chi connectivity index (χ2n) is 5.29. The lowest BCUT2D eigenvalue weighted by atomic mass is 10.1. The van der Waals surface area contributed by atoms with Crippen LogP contribution in [0.1, 0.15) is 18.4 Å². The first-order valence-electron chi connectivity index (χ1n) is 6.49. The highest BCUT2D eigenvalue weighted by atomic mass is 16.5. The van der Waals surface area contributed by atoms with Crippen LogP contribution in [0.25, 0.3) is 0 Å². The van der Waals surface area contributed by atoms with Gasteiger partial charge in [-0.25, -0.2) is 0 Å². The van der Waals surface area contributed by atoms with Gasteiger partial charge in [-0.2, -0.15) is 0 Å². The molecule has 1 aromatic carbocycles. The molecule has 0 atom stereocenters. The average molecular weight is 263 g/mol. The van der Waals surface area contributed by atoms with Crippen LogP contribution in [-0.4, -0.2) is 38.7 Å². The van der Waals surface area contributed by atoms with Crippen molar-refractivity contribution in [3.8, 4) is 5.75 Å². The van der Waals surface area contributed by atoms with Gasteiger partial charge in [0.2, 0.25) is 0 Å². The third-order valence-corrected chi connectivity index (χ3v) is 3.66. The molecule has 0 bridgehead atoms. The molecule has 0 amide bonds. The Hall–Kier alpha value is -1.55. The van der Waals surface area contributed by atoms with Crippen molar-refractivity contribution in [2.75, 3.05) is 27.8 Å². The van der Waals surface area contributed by atoms with E-state index in [0.29, 0.717) is 0 Å². The summed E-state index contributed by atoms with van der Waals surface area (Å²) in [5.74, 6) is 0.786. The van der Waals surface area contributed by atoms with Crippen LogP contribution in [-0.2, 0) is 16.1 Å². The summed E-state index contributed by atoms with van der Waals surface area (Å²) in [4.78, 5) is 13.9. The van der Waals surface area contributed by atoms with Gasteiger partial charge in [0.25, 0.3) is 0 Å². The fourth-order valence-corrected chi connectivity index (χ4v) is 2.41. The van der Waals surface area contributed by atoms with Crippen LogP contribution < -0.4 is 4.74 Å². The Kier molecular flexibility index (Phi) is 4.10. The smallest absolute Gasteiger partial charge is 0.313 e. The Morgan fingerprint density at radius 2 is 1.89 bits per heavy atom. The third-order valence-electron chi connectivity index (χ3n) is 3.66. The molecular formula is C15H21NO3. The number of hydrogen-bond acceptors (Lipinski definition) is 4. The van der Waals surface area contributed by atoms with Crippen molar-refractivity contribution in [2.24, 2.45) is 5.41 Å². The van der Waals surface area contributed by atoms with Gasteiger partial charge in [-0.15, -0.1) is 0 Å². The first-order valence-corrected chi connectivity index (χ1v) is 6.49. The summed E-state index contributed by atoms with van der Waals surface area (Å²) in [5.41, 5.74) is 0.958. The summed E-state index contributed by atoms with van der Waals surface area (Å²) in [6.45, 7) is 1.58. The zero-order chi connectivity index (χ0) is 13.9. The third kappa shape index (κ3) is 3.26. The molecule has 1 aliphatic carbocycles. The number of nitrogens with zero attached hydrogens (tertiary/aromatic N) is 1. The van der Waals surface area contributed by atoms with Gasteiger partial charge in [-0.05, 0) is 37.6 Å². The normalized spacial score (nSPS) is 16.2. The zero-order valence-corrected chi connectivity index (χ0v) is 11.8. The topological polar surface area (TPSA) is 38.8 Å². The van der Waals surface area contributed by atoms with Crippen LogP contribution in [0.4, 0.5) is 0 Å². The molecule has 2 rings (SSSR count). The number of methoxy groups -OCH3 is 2. The van der Waals surface area contributed by atoms with Crippen LogP contribution in [0, 0.1) is 5.41 Å². The van der Waals surface area contributed by atoms with Gasteiger partial charge in [-0.1, -0.05) is 12.1 Å². The van der Waals surface area contributed by atoms with Crippen LogP contribution in [0.15, 0.2) is 24.3 Å². The molecule has 19 heavy (non-hydrogen) atoms. The van der Waals surface area contributed by atoms with Gasteiger partial charge in [0.15, 0.2) is 0 Å². The minimum absolute atomic E-state index is 0.0749. The number of rotatable bonds is 6. The van der Waals surface area contributed by atoms with E-state index in [9.17, 15) is 4.79 Å². The lowest BCUT2D eigenvalue weighted by Crippen LogP contribution is -2.32. The van der Waals surface area contributed by atoms with Crippen LogP contribution >= 0.6 is 0 Å². The van der Waals surface area contributed by atoms with Crippen molar-refractivity contribution in [3.63, 3.8) is 0 Å². The van der Waals surface area contributed by atoms with E-state index in [1.165, 1.54) is 12.7 Å². The maximum absolute atomic E-state index is 11.7. The standard InChI is InChI=1S/C15H21NO3/c1-16(11-15(8-9-15)14(17)19-3)10-12-4-6-13(18-2)7-5-12/h4-7H,8-11H2,1-3H3. The zero-order valence-electron chi connectivity index (χ0n) is 11.8. The fraction of sp³-hybridized carbons (Fsp3) is 0.533. The highest BCUT2D eigenvalue weighted by Crippen LogP contribution is 2.47. The first-order chi connectivity index (χ1) is 9.09. The Morgan fingerprint density at radius 3 is 2.37 bits per heavy atom. The molecule has 4 heteroatoms. The van der Waals surface area contributed by atoms with Gasteiger partial charge in [0.1, 0.15) is 5.75 Å². The molecule has 104 valence electrons. The van der Waals surface area contributed by atoms with E-state index < -0.39 is 0 Å². The minimum atomic E-state index is -0.254. The van der Waals surface area contributed by atoms with E-state index in [-0.39, 0.29) is 11.4 Å². The Morgan fingerprint density at radius 1 is 1.26 bits per heavy atom. The summed E-state index contributed by atoms with van der Waals surface area (Å²) in [7, 11) is 5.16. The first kappa shape index (κ1) is 13.9.